The van der Waals surface area contributed by atoms with Crippen molar-refractivity contribution in [2.75, 3.05) is 13.1 Å². The lowest BCUT2D eigenvalue weighted by atomic mass is 9.99. The number of hydrogen-bond acceptors (Lipinski definition) is 2. The van der Waals surface area contributed by atoms with E-state index in [0.717, 1.165) is 25.7 Å². The van der Waals surface area contributed by atoms with Crippen LogP contribution in [0, 0.1) is 17.6 Å². The largest absolute Gasteiger partial charge is 0.298 e. The van der Waals surface area contributed by atoms with Crippen molar-refractivity contribution < 1.29 is 8.78 Å². The van der Waals surface area contributed by atoms with Crippen LogP contribution in [-0.4, -0.2) is 27.8 Å². The summed E-state index contributed by atoms with van der Waals surface area (Å²) >= 11 is 5.80. The minimum Gasteiger partial charge on any atom is -0.298 e. The first kappa shape index (κ1) is 13.5. The number of nitrogens with zero attached hydrogens (tertiary/aromatic N) is 3. The highest BCUT2D eigenvalue weighted by atomic mass is 35.5. The van der Waals surface area contributed by atoms with Crippen LogP contribution < -0.4 is 0 Å². The second-order valence-corrected chi connectivity index (χ2v) is 5.61. The van der Waals surface area contributed by atoms with E-state index in [-0.39, 0.29) is 5.82 Å². The van der Waals surface area contributed by atoms with Gasteiger partial charge in [-0.2, -0.15) is 5.10 Å². The molecule has 0 aliphatic carbocycles. The van der Waals surface area contributed by atoms with Gasteiger partial charge in [0, 0.05) is 43.9 Å². The molecule has 2 aromatic rings. The molecular formula is C14H14ClF2N3. The van der Waals surface area contributed by atoms with Gasteiger partial charge in [0.15, 0.2) is 0 Å². The van der Waals surface area contributed by atoms with Crippen LogP contribution in [0.1, 0.15) is 5.56 Å². The fourth-order valence-corrected chi connectivity index (χ4v) is 2.69. The van der Waals surface area contributed by atoms with Crippen molar-refractivity contribution in [3.63, 3.8) is 0 Å². The molecule has 106 valence electrons. The van der Waals surface area contributed by atoms with E-state index in [2.05, 4.69) is 10.00 Å². The van der Waals surface area contributed by atoms with Crippen LogP contribution in [0.5, 0.6) is 0 Å². The second-order valence-electron chi connectivity index (χ2n) is 5.18. The van der Waals surface area contributed by atoms with E-state index in [1.54, 1.807) is 12.4 Å². The Kier molecular flexibility index (Phi) is 3.72. The van der Waals surface area contributed by atoms with E-state index in [0.29, 0.717) is 23.0 Å². The van der Waals surface area contributed by atoms with Crippen LogP contribution in [0.2, 0.25) is 5.02 Å². The number of hydrogen-bond donors (Lipinski definition) is 0. The molecule has 0 atom stereocenters. The second kappa shape index (κ2) is 5.50. The quantitative estimate of drug-likeness (QED) is 0.865. The summed E-state index contributed by atoms with van der Waals surface area (Å²) in [5, 5.41) is 4.76. The normalized spacial score (nSPS) is 16.4. The summed E-state index contributed by atoms with van der Waals surface area (Å²) in [6.07, 6.45) is 3.40. The van der Waals surface area contributed by atoms with Crippen LogP contribution in [-0.2, 0) is 13.1 Å². The lowest BCUT2D eigenvalue weighted by molar-refractivity contribution is 0.0765. The van der Waals surface area contributed by atoms with Gasteiger partial charge in [0.05, 0.1) is 11.2 Å². The van der Waals surface area contributed by atoms with Crippen LogP contribution in [0.4, 0.5) is 8.78 Å². The van der Waals surface area contributed by atoms with Gasteiger partial charge >= 0.3 is 0 Å². The molecule has 1 fully saturated rings. The SMILES string of the molecule is Fc1ccc(F)c(CN2CC(Cn3cc(Cl)cn3)C2)c1. The number of likely N-dealkylation sites (tertiary alicyclic amines) is 1. The first-order valence-electron chi connectivity index (χ1n) is 6.44. The molecule has 0 saturated carbocycles. The first-order chi connectivity index (χ1) is 9.60. The summed E-state index contributed by atoms with van der Waals surface area (Å²) in [6, 6.07) is 3.57. The number of rotatable bonds is 4. The summed E-state index contributed by atoms with van der Waals surface area (Å²) in [5.41, 5.74) is 0.408. The lowest BCUT2D eigenvalue weighted by Gasteiger charge is -2.39. The molecule has 6 heteroatoms. The van der Waals surface area contributed by atoms with Crippen molar-refractivity contribution in [1.29, 1.82) is 0 Å². The van der Waals surface area contributed by atoms with Crippen molar-refractivity contribution in [2.45, 2.75) is 13.1 Å². The van der Waals surface area contributed by atoms with E-state index in [9.17, 15) is 8.78 Å². The maximum atomic E-state index is 13.5. The van der Waals surface area contributed by atoms with Crippen LogP contribution >= 0.6 is 11.6 Å². The fourth-order valence-electron chi connectivity index (χ4n) is 2.53. The minimum atomic E-state index is -0.398. The van der Waals surface area contributed by atoms with Crippen molar-refractivity contribution in [3.05, 3.63) is 52.8 Å². The molecule has 3 rings (SSSR count). The first-order valence-corrected chi connectivity index (χ1v) is 6.82. The average molecular weight is 298 g/mol. The van der Waals surface area contributed by atoms with Gasteiger partial charge in [-0.3, -0.25) is 9.58 Å². The summed E-state index contributed by atoms with van der Waals surface area (Å²) in [5.74, 6) is -0.277. The van der Waals surface area contributed by atoms with Crippen molar-refractivity contribution in [1.82, 2.24) is 14.7 Å². The Labute approximate surface area is 120 Å². The summed E-state index contributed by atoms with van der Waals surface area (Å²) in [6.45, 7) is 2.95. The zero-order valence-electron chi connectivity index (χ0n) is 10.8. The van der Waals surface area contributed by atoms with E-state index in [1.165, 1.54) is 12.1 Å². The van der Waals surface area contributed by atoms with Crippen LogP contribution in [0.15, 0.2) is 30.6 Å². The van der Waals surface area contributed by atoms with Gasteiger partial charge in [-0.05, 0) is 18.2 Å². The maximum absolute atomic E-state index is 13.5. The monoisotopic (exact) mass is 297 g/mol. The zero-order chi connectivity index (χ0) is 14.1. The molecule has 20 heavy (non-hydrogen) atoms. The molecule has 0 spiro atoms. The van der Waals surface area contributed by atoms with Crippen molar-refractivity contribution in [3.8, 4) is 0 Å². The Morgan fingerprint density at radius 3 is 2.80 bits per heavy atom. The van der Waals surface area contributed by atoms with Gasteiger partial charge in [-0.1, -0.05) is 11.6 Å². The molecule has 2 heterocycles. The third kappa shape index (κ3) is 2.99. The predicted molar refractivity (Wildman–Crippen MR) is 72.4 cm³/mol. The molecule has 1 aromatic heterocycles. The molecule has 0 radical (unpaired) electrons. The molecule has 1 aliphatic rings. The summed E-state index contributed by atoms with van der Waals surface area (Å²) in [7, 11) is 0. The molecule has 3 nitrogen and oxygen atoms in total. The molecule has 1 saturated heterocycles. The van der Waals surface area contributed by atoms with Crippen LogP contribution in [0.25, 0.3) is 0 Å². The Morgan fingerprint density at radius 1 is 1.30 bits per heavy atom. The molecule has 0 unspecified atom stereocenters. The zero-order valence-corrected chi connectivity index (χ0v) is 11.5. The van der Waals surface area contributed by atoms with Gasteiger partial charge in [0.2, 0.25) is 0 Å². The molecule has 1 aliphatic heterocycles. The fraction of sp³-hybridized carbons (Fsp3) is 0.357. The van der Waals surface area contributed by atoms with Crippen molar-refractivity contribution in [2.24, 2.45) is 5.92 Å². The Bertz CT molecular complexity index is 608. The maximum Gasteiger partial charge on any atom is 0.127 e. The highest BCUT2D eigenvalue weighted by molar-refractivity contribution is 6.30. The lowest BCUT2D eigenvalue weighted by Crippen LogP contribution is -2.47. The number of halogens is 3. The highest BCUT2D eigenvalue weighted by Crippen LogP contribution is 2.22. The molecular weight excluding hydrogens is 284 g/mol. The van der Waals surface area contributed by atoms with E-state index < -0.39 is 5.82 Å². The Hall–Kier alpha value is -1.46. The average Bonchev–Trinajstić information content (AvgIpc) is 2.76. The van der Waals surface area contributed by atoms with E-state index in [4.69, 9.17) is 11.6 Å². The van der Waals surface area contributed by atoms with E-state index >= 15 is 0 Å². The van der Waals surface area contributed by atoms with Gasteiger partial charge in [0.1, 0.15) is 11.6 Å². The molecule has 0 amide bonds. The third-order valence-electron chi connectivity index (χ3n) is 3.48. The molecule has 0 N–H and O–H groups in total. The number of aromatic nitrogens is 2. The predicted octanol–water partition coefficient (Wildman–Crippen LogP) is 2.95. The van der Waals surface area contributed by atoms with E-state index in [1.807, 2.05) is 4.68 Å². The summed E-state index contributed by atoms with van der Waals surface area (Å²) in [4.78, 5) is 2.09. The molecule has 0 bridgehead atoms. The van der Waals surface area contributed by atoms with Gasteiger partial charge in [-0.15, -0.1) is 0 Å². The smallest absolute Gasteiger partial charge is 0.127 e. The Morgan fingerprint density at radius 2 is 2.10 bits per heavy atom. The van der Waals surface area contributed by atoms with Crippen molar-refractivity contribution >= 4 is 11.6 Å². The third-order valence-corrected chi connectivity index (χ3v) is 3.68. The van der Waals surface area contributed by atoms with Gasteiger partial charge < -0.3 is 0 Å². The minimum absolute atomic E-state index is 0.353. The van der Waals surface area contributed by atoms with Gasteiger partial charge in [0.25, 0.3) is 0 Å². The topological polar surface area (TPSA) is 21.1 Å². The standard InChI is InChI=1S/C14H14ClF2N3/c15-12-4-18-20(9-12)7-10-5-19(6-10)8-11-3-13(16)1-2-14(11)17/h1-4,9-10H,5-8H2. The summed E-state index contributed by atoms with van der Waals surface area (Å²) < 4.78 is 28.4. The van der Waals surface area contributed by atoms with Crippen LogP contribution in [0.3, 0.4) is 0 Å². The molecule has 1 aromatic carbocycles. The number of benzene rings is 1. The Balaban J connectivity index is 1.52. The van der Waals surface area contributed by atoms with Gasteiger partial charge in [-0.25, -0.2) is 8.78 Å². The highest BCUT2D eigenvalue weighted by Gasteiger charge is 2.27.